The van der Waals surface area contributed by atoms with Crippen molar-refractivity contribution in [2.45, 2.75) is 19.9 Å². The topological polar surface area (TPSA) is 44.1 Å². The molecule has 0 aliphatic carbocycles. The number of aromatic nitrogens is 2. The lowest BCUT2D eigenvalue weighted by Crippen LogP contribution is -2.18. The number of hydrogen-bond acceptors (Lipinski definition) is 3. The van der Waals surface area contributed by atoms with Gasteiger partial charge in [-0.2, -0.15) is 5.10 Å². The Morgan fingerprint density at radius 3 is 2.83 bits per heavy atom. The SMILES string of the molecule is COC(=O)C(C)n1ccc(C)n1. The summed E-state index contributed by atoms with van der Waals surface area (Å²) in [6, 6.07) is 1.50. The van der Waals surface area contributed by atoms with Crippen LogP contribution in [0.15, 0.2) is 12.3 Å². The molecule has 0 saturated carbocycles. The average molecular weight is 168 g/mol. The van der Waals surface area contributed by atoms with Crippen LogP contribution in [-0.2, 0) is 9.53 Å². The molecule has 4 nitrogen and oxygen atoms in total. The summed E-state index contributed by atoms with van der Waals surface area (Å²) in [5, 5.41) is 4.10. The van der Waals surface area contributed by atoms with Crippen LogP contribution in [0.1, 0.15) is 18.7 Å². The first-order valence-electron chi connectivity index (χ1n) is 3.74. The highest BCUT2D eigenvalue weighted by molar-refractivity contribution is 5.73. The minimum absolute atomic E-state index is 0.280. The first-order chi connectivity index (χ1) is 5.65. The Morgan fingerprint density at radius 2 is 2.42 bits per heavy atom. The Labute approximate surface area is 71.1 Å². The van der Waals surface area contributed by atoms with Gasteiger partial charge in [0.15, 0.2) is 0 Å². The minimum atomic E-state index is -0.344. The van der Waals surface area contributed by atoms with Gasteiger partial charge in [-0.15, -0.1) is 0 Å². The molecule has 0 N–H and O–H groups in total. The van der Waals surface area contributed by atoms with E-state index in [0.717, 1.165) is 5.69 Å². The van der Waals surface area contributed by atoms with E-state index in [1.807, 2.05) is 13.0 Å². The van der Waals surface area contributed by atoms with Gasteiger partial charge in [0, 0.05) is 6.20 Å². The zero-order chi connectivity index (χ0) is 9.14. The molecule has 0 radical (unpaired) electrons. The molecule has 0 aromatic carbocycles. The smallest absolute Gasteiger partial charge is 0.330 e. The van der Waals surface area contributed by atoms with Crippen molar-refractivity contribution < 1.29 is 9.53 Å². The molecule has 0 bridgehead atoms. The molecule has 0 spiro atoms. The summed E-state index contributed by atoms with van der Waals surface area (Å²) in [7, 11) is 1.37. The van der Waals surface area contributed by atoms with Crippen LogP contribution >= 0.6 is 0 Å². The summed E-state index contributed by atoms with van der Waals surface area (Å²) in [6.45, 7) is 3.62. The second-order valence-electron chi connectivity index (χ2n) is 2.64. The summed E-state index contributed by atoms with van der Waals surface area (Å²) >= 11 is 0. The van der Waals surface area contributed by atoms with Crippen LogP contribution < -0.4 is 0 Å². The number of carbonyl (C=O) groups is 1. The van der Waals surface area contributed by atoms with Gasteiger partial charge in [0.2, 0.25) is 0 Å². The molecule has 66 valence electrons. The van der Waals surface area contributed by atoms with Crippen molar-refractivity contribution in [1.29, 1.82) is 0 Å². The lowest BCUT2D eigenvalue weighted by atomic mass is 10.3. The van der Waals surface area contributed by atoms with Crippen molar-refractivity contribution in [2.24, 2.45) is 0 Å². The average Bonchev–Trinajstić information content (AvgIpc) is 2.49. The van der Waals surface area contributed by atoms with Crippen molar-refractivity contribution in [3.8, 4) is 0 Å². The van der Waals surface area contributed by atoms with E-state index in [1.54, 1.807) is 17.8 Å². The first kappa shape index (κ1) is 8.77. The molecule has 0 fully saturated rings. The normalized spacial score (nSPS) is 12.6. The van der Waals surface area contributed by atoms with Gasteiger partial charge in [-0.25, -0.2) is 4.79 Å². The number of hydrogen-bond donors (Lipinski definition) is 0. The van der Waals surface area contributed by atoms with Crippen LogP contribution in [0.2, 0.25) is 0 Å². The van der Waals surface area contributed by atoms with Crippen molar-refractivity contribution in [2.75, 3.05) is 7.11 Å². The molecular formula is C8H12N2O2. The summed E-state index contributed by atoms with van der Waals surface area (Å²) in [5.74, 6) is -0.280. The summed E-state index contributed by atoms with van der Waals surface area (Å²) in [4.78, 5) is 11.0. The standard InChI is InChI=1S/C8H12N2O2/c1-6-4-5-10(9-6)7(2)8(11)12-3/h4-5,7H,1-3H3. The van der Waals surface area contributed by atoms with Crippen molar-refractivity contribution in [1.82, 2.24) is 9.78 Å². The summed E-state index contributed by atoms with van der Waals surface area (Å²) in [5.41, 5.74) is 0.894. The maximum absolute atomic E-state index is 11.0. The maximum atomic E-state index is 11.0. The third-order valence-electron chi connectivity index (χ3n) is 1.68. The lowest BCUT2D eigenvalue weighted by molar-refractivity contribution is -0.144. The summed E-state index contributed by atoms with van der Waals surface area (Å²) < 4.78 is 6.16. The zero-order valence-electron chi connectivity index (χ0n) is 7.44. The number of carbonyl (C=O) groups excluding carboxylic acids is 1. The molecular weight excluding hydrogens is 156 g/mol. The van der Waals surface area contributed by atoms with Gasteiger partial charge in [-0.05, 0) is 19.9 Å². The number of esters is 1. The van der Waals surface area contributed by atoms with E-state index >= 15 is 0 Å². The van der Waals surface area contributed by atoms with Gasteiger partial charge < -0.3 is 4.74 Å². The van der Waals surface area contributed by atoms with Gasteiger partial charge in [0.25, 0.3) is 0 Å². The van der Waals surface area contributed by atoms with Gasteiger partial charge in [0.1, 0.15) is 6.04 Å². The Balaban J connectivity index is 2.77. The number of ether oxygens (including phenoxy) is 1. The minimum Gasteiger partial charge on any atom is -0.467 e. The van der Waals surface area contributed by atoms with E-state index in [-0.39, 0.29) is 12.0 Å². The van der Waals surface area contributed by atoms with Gasteiger partial charge >= 0.3 is 5.97 Å². The van der Waals surface area contributed by atoms with E-state index in [9.17, 15) is 4.79 Å². The molecule has 1 rings (SSSR count). The van der Waals surface area contributed by atoms with E-state index in [1.165, 1.54) is 7.11 Å². The number of aryl methyl sites for hydroxylation is 1. The van der Waals surface area contributed by atoms with Crippen LogP contribution in [0.4, 0.5) is 0 Å². The van der Waals surface area contributed by atoms with E-state index < -0.39 is 0 Å². The zero-order valence-corrected chi connectivity index (χ0v) is 7.44. The fourth-order valence-corrected chi connectivity index (χ4v) is 0.927. The predicted molar refractivity (Wildman–Crippen MR) is 43.7 cm³/mol. The fraction of sp³-hybridized carbons (Fsp3) is 0.500. The van der Waals surface area contributed by atoms with E-state index in [4.69, 9.17) is 0 Å². The molecule has 12 heavy (non-hydrogen) atoms. The van der Waals surface area contributed by atoms with E-state index in [2.05, 4.69) is 9.84 Å². The lowest BCUT2D eigenvalue weighted by Gasteiger charge is -2.08. The maximum Gasteiger partial charge on any atom is 0.330 e. The predicted octanol–water partition coefficient (Wildman–Crippen LogP) is 0.926. The Bertz CT molecular complexity index is 280. The highest BCUT2D eigenvalue weighted by atomic mass is 16.5. The Morgan fingerprint density at radius 1 is 1.75 bits per heavy atom. The molecule has 4 heteroatoms. The van der Waals surface area contributed by atoms with Crippen LogP contribution in [0.3, 0.4) is 0 Å². The quantitative estimate of drug-likeness (QED) is 0.617. The van der Waals surface area contributed by atoms with Crippen LogP contribution in [0.5, 0.6) is 0 Å². The van der Waals surface area contributed by atoms with Crippen molar-refractivity contribution >= 4 is 5.97 Å². The highest BCUT2D eigenvalue weighted by Crippen LogP contribution is 2.06. The molecule has 1 aromatic heterocycles. The number of methoxy groups -OCH3 is 1. The fourth-order valence-electron chi connectivity index (χ4n) is 0.927. The number of rotatable bonds is 2. The monoisotopic (exact) mass is 168 g/mol. The van der Waals surface area contributed by atoms with Crippen LogP contribution in [0.25, 0.3) is 0 Å². The molecule has 1 atom stereocenters. The van der Waals surface area contributed by atoms with Gasteiger partial charge in [-0.3, -0.25) is 4.68 Å². The Hall–Kier alpha value is -1.32. The van der Waals surface area contributed by atoms with E-state index in [0.29, 0.717) is 0 Å². The molecule has 0 aliphatic rings. The highest BCUT2D eigenvalue weighted by Gasteiger charge is 2.14. The Kier molecular flexibility index (Phi) is 2.47. The van der Waals surface area contributed by atoms with Crippen molar-refractivity contribution in [3.63, 3.8) is 0 Å². The molecule has 1 aromatic rings. The first-order valence-corrected chi connectivity index (χ1v) is 3.74. The molecule has 1 heterocycles. The molecule has 0 aliphatic heterocycles. The molecule has 1 unspecified atom stereocenters. The third kappa shape index (κ3) is 1.64. The molecule has 0 saturated heterocycles. The largest absolute Gasteiger partial charge is 0.467 e. The van der Waals surface area contributed by atoms with Gasteiger partial charge in [-0.1, -0.05) is 0 Å². The molecule has 0 amide bonds. The van der Waals surface area contributed by atoms with Crippen LogP contribution in [-0.4, -0.2) is 22.9 Å². The third-order valence-corrected chi connectivity index (χ3v) is 1.68. The van der Waals surface area contributed by atoms with Crippen molar-refractivity contribution in [3.05, 3.63) is 18.0 Å². The second kappa shape index (κ2) is 3.38. The van der Waals surface area contributed by atoms with Crippen LogP contribution in [0, 0.1) is 6.92 Å². The summed E-state index contributed by atoms with van der Waals surface area (Å²) in [6.07, 6.45) is 1.76. The number of nitrogens with zero attached hydrogens (tertiary/aromatic N) is 2. The second-order valence-corrected chi connectivity index (χ2v) is 2.64. The van der Waals surface area contributed by atoms with Gasteiger partial charge in [0.05, 0.1) is 12.8 Å².